The van der Waals surface area contributed by atoms with Gasteiger partial charge in [0.2, 0.25) is 5.91 Å². The SMILES string of the molecule is O=C(Nc1ccc(C(=O)N2CCCC2)cc1)NC1CC(=O)N(c2ccccc2)C1. The molecule has 4 rings (SSSR count). The number of benzene rings is 2. The molecule has 0 saturated carbocycles. The molecule has 2 fully saturated rings. The molecule has 29 heavy (non-hydrogen) atoms. The molecule has 4 amide bonds. The summed E-state index contributed by atoms with van der Waals surface area (Å²) in [5, 5.41) is 5.62. The second-order valence-corrected chi connectivity index (χ2v) is 7.42. The van der Waals surface area contributed by atoms with E-state index in [4.69, 9.17) is 0 Å². The van der Waals surface area contributed by atoms with E-state index in [-0.39, 0.29) is 30.3 Å². The lowest BCUT2D eigenvalue weighted by atomic mass is 10.2. The second kappa shape index (κ2) is 8.34. The average molecular weight is 392 g/mol. The van der Waals surface area contributed by atoms with E-state index in [0.717, 1.165) is 31.6 Å². The van der Waals surface area contributed by atoms with Crippen LogP contribution in [0.25, 0.3) is 0 Å². The van der Waals surface area contributed by atoms with Crippen molar-refractivity contribution < 1.29 is 14.4 Å². The number of carbonyl (C=O) groups is 3. The van der Waals surface area contributed by atoms with Crippen molar-refractivity contribution in [3.63, 3.8) is 0 Å². The highest BCUT2D eigenvalue weighted by Crippen LogP contribution is 2.21. The summed E-state index contributed by atoms with van der Waals surface area (Å²) in [4.78, 5) is 40.5. The third-order valence-electron chi connectivity index (χ3n) is 5.31. The third-order valence-corrected chi connectivity index (χ3v) is 5.31. The van der Waals surface area contributed by atoms with Crippen molar-refractivity contribution in [3.8, 4) is 0 Å². The Kier molecular flexibility index (Phi) is 5.46. The van der Waals surface area contributed by atoms with Gasteiger partial charge in [0.15, 0.2) is 0 Å². The number of nitrogens with zero attached hydrogens (tertiary/aromatic N) is 2. The number of para-hydroxylation sites is 1. The lowest BCUT2D eigenvalue weighted by molar-refractivity contribution is -0.117. The maximum atomic E-state index is 12.4. The number of amides is 4. The van der Waals surface area contributed by atoms with Gasteiger partial charge < -0.3 is 20.4 Å². The van der Waals surface area contributed by atoms with Crippen molar-refractivity contribution >= 4 is 29.2 Å². The van der Waals surface area contributed by atoms with E-state index in [1.54, 1.807) is 29.2 Å². The van der Waals surface area contributed by atoms with Gasteiger partial charge in [0.1, 0.15) is 0 Å². The van der Waals surface area contributed by atoms with Gasteiger partial charge in [-0.1, -0.05) is 18.2 Å². The fourth-order valence-electron chi connectivity index (χ4n) is 3.81. The van der Waals surface area contributed by atoms with Crippen molar-refractivity contribution in [2.24, 2.45) is 0 Å². The number of anilines is 2. The molecule has 0 aliphatic carbocycles. The Labute approximate surface area is 169 Å². The highest BCUT2D eigenvalue weighted by atomic mass is 16.2. The Bertz CT molecular complexity index is 892. The molecule has 150 valence electrons. The Morgan fingerprint density at radius 2 is 1.62 bits per heavy atom. The lowest BCUT2D eigenvalue weighted by Gasteiger charge is -2.17. The lowest BCUT2D eigenvalue weighted by Crippen LogP contribution is -2.39. The molecular formula is C22H24N4O3. The van der Waals surface area contributed by atoms with Crippen LogP contribution < -0.4 is 15.5 Å². The van der Waals surface area contributed by atoms with Crippen molar-refractivity contribution in [1.29, 1.82) is 0 Å². The molecule has 2 aliphatic heterocycles. The number of likely N-dealkylation sites (tertiary alicyclic amines) is 1. The number of urea groups is 1. The predicted molar refractivity (Wildman–Crippen MR) is 111 cm³/mol. The summed E-state index contributed by atoms with van der Waals surface area (Å²) < 4.78 is 0. The molecule has 0 bridgehead atoms. The van der Waals surface area contributed by atoms with E-state index in [2.05, 4.69) is 10.6 Å². The fourth-order valence-corrected chi connectivity index (χ4v) is 3.81. The minimum absolute atomic E-state index is 0.00808. The van der Waals surface area contributed by atoms with Crippen LogP contribution in [0.1, 0.15) is 29.6 Å². The molecule has 0 spiro atoms. The summed E-state index contributed by atoms with van der Waals surface area (Å²) >= 11 is 0. The average Bonchev–Trinajstić information content (AvgIpc) is 3.39. The van der Waals surface area contributed by atoms with Gasteiger partial charge in [-0.15, -0.1) is 0 Å². The number of rotatable bonds is 4. The Balaban J connectivity index is 1.31. The molecule has 0 aromatic heterocycles. The van der Waals surface area contributed by atoms with E-state index in [0.29, 0.717) is 17.8 Å². The molecule has 2 aliphatic rings. The number of hydrogen-bond acceptors (Lipinski definition) is 3. The molecule has 0 radical (unpaired) electrons. The van der Waals surface area contributed by atoms with Gasteiger partial charge in [-0.05, 0) is 49.2 Å². The molecule has 2 aromatic carbocycles. The first-order valence-electron chi connectivity index (χ1n) is 9.92. The van der Waals surface area contributed by atoms with Gasteiger partial charge in [0.05, 0.1) is 6.04 Å². The predicted octanol–water partition coefficient (Wildman–Crippen LogP) is 2.85. The van der Waals surface area contributed by atoms with Crippen LogP contribution in [-0.2, 0) is 4.79 Å². The quantitative estimate of drug-likeness (QED) is 0.839. The summed E-state index contributed by atoms with van der Waals surface area (Å²) in [7, 11) is 0. The molecule has 2 heterocycles. The molecule has 2 N–H and O–H groups in total. The number of nitrogens with one attached hydrogen (secondary N) is 2. The van der Waals surface area contributed by atoms with Gasteiger partial charge in [-0.25, -0.2) is 4.79 Å². The van der Waals surface area contributed by atoms with Crippen LogP contribution in [0.15, 0.2) is 54.6 Å². The van der Waals surface area contributed by atoms with E-state index < -0.39 is 0 Å². The Morgan fingerprint density at radius 1 is 0.931 bits per heavy atom. The van der Waals surface area contributed by atoms with E-state index >= 15 is 0 Å². The molecular weight excluding hydrogens is 368 g/mol. The van der Waals surface area contributed by atoms with Crippen molar-refractivity contribution in [3.05, 3.63) is 60.2 Å². The Morgan fingerprint density at radius 3 is 2.31 bits per heavy atom. The first-order valence-corrected chi connectivity index (χ1v) is 9.92. The van der Waals surface area contributed by atoms with Crippen molar-refractivity contribution in [2.75, 3.05) is 29.9 Å². The zero-order valence-corrected chi connectivity index (χ0v) is 16.1. The van der Waals surface area contributed by atoms with Gasteiger partial charge in [0, 0.05) is 43.0 Å². The molecule has 1 atom stereocenters. The van der Waals surface area contributed by atoms with Crippen LogP contribution >= 0.6 is 0 Å². The standard InChI is InChI=1S/C22H24N4O3/c27-20-14-18(15-26(20)19-6-2-1-3-7-19)24-22(29)23-17-10-8-16(9-11-17)21(28)25-12-4-5-13-25/h1-3,6-11,18H,4-5,12-15H2,(H2,23,24,29). The van der Waals surface area contributed by atoms with Crippen LogP contribution in [0.5, 0.6) is 0 Å². The minimum atomic E-state index is -0.365. The maximum absolute atomic E-state index is 12.4. The van der Waals surface area contributed by atoms with Crippen LogP contribution in [-0.4, -0.2) is 48.4 Å². The third kappa shape index (κ3) is 4.39. The zero-order valence-electron chi connectivity index (χ0n) is 16.1. The molecule has 2 aromatic rings. The topological polar surface area (TPSA) is 81.8 Å². The van der Waals surface area contributed by atoms with Crippen LogP contribution in [0.2, 0.25) is 0 Å². The van der Waals surface area contributed by atoms with Crippen LogP contribution in [0.3, 0.4) is 0 Å². The highest BCUT2D eigenvalue weighted by Gasteiger charge is 2.31. The second-order valence-electron chi connectivity index (χ2n) is 7.42. The van der Waals surface area contributed by atoms with Gasteiger partial charge in [-0.3, -0.25) is 9.59 Å². The first-order chi connectivity index (χ1) is 14.1. The first kappa shape index (κ1) is 19.0. The van der Waals surface area contributed by atoms with Gasteiger partial charge >= 0.3 is 6.03 Å². The largest absolute Gasteiger partial charge is 0.339 e. The maximum Gasteiger partial charge on any atom is 0.319 e. The number of carbonyl (C=O) groups excluding carboxylic acids is 3. The van der Waals surface area contributed by atoms with Crippen molar-refractivity contribution in [2.45, 2.75) is 25.3 Å². The minimum Gasteiger partial charge on any atom is -0.339 e. The summed E-state index contributed by atoms with van der Waals surface area (Å²) in [6.45, 7) is 2.06. The molecule has 2 saturated heterocycles. The van der Waals surface area contributed by atoms with Gasteiger partial charge in [-0.2, -0.15) is 0 Å². The molecule has 1 unspecified atom stereocenters. The van der Waals surface area contributed by atoms with E-state index in [1.807, 2.05) is 35.2 Å². The summed E-state index contributed by atoms with van der Waals surface area (Å²) in [6.07, 6.45) is 2.37. The van der Waals surface area contributed by atoms with Crippen LogP contribution in [0, 0.1) is 0 Å². The van der Waals surface area contributed by atoms with Gasteiger partial charge in [0.25, 0.3) is 5.91 Å². The summed E-state index contributed by atoms with van der Waals surface area (Å²) in [6, 6.07) is 15.7. The smallest absolute Gasteiger partial charge is 0.319 e. The zero-order chi connectivity index (χ0) is 20.2. The van der Waals surface area contributed by atoms with E-state index in [9.17, 15) is 14.4 Å². The monoisotopic (exact) mass is 392 g/mol. The summed E-state index contributed by atoms with van der Waals surface area (Å²) in [5.41, 5.74) is 2.06. The van der Waals surface area contributed by atoms with Crippen molar-refractivity contribution in [1.82, 2.24) is 10.2 Å². The summed E-state index contributed by atoms with van der Waals surface area (Å²) in [5.74, 6) is 0.0234. The molecule has 7 heteroatoms. The van der Waals surface area contributed by atoms with E-state index in [1.165, 1.54) is 0 Å². The Hall–Kier alpha value is -3.35. The number of hydrogen-bond donors (Lipinski definition) is 2. The highest BCUT2D eigenvalue weighted by molar-refractivity contribution is 5.98. The van der Waals surface area contributed by atoms with Crippen LogP contribution in [0.4, 0.5) is 16.2 Å². The molecule has 7 nitrogen and oxygen atoms in total. The normalized spacial score (nSPS) is 18.8. The fraction of sp³-hybridized carbons (Fsp3) is 0.318.